The molecule has 1 unspecified atom stereocenters. The smallest absolute Gasteiger partial charge is 0.328 e. The van der Waals surface area contributed by atoms with Crippen LogP contribution in [0.25, 0.3) is 10.2 Å². The zero-order valence-electron chi connectivity index (χ0n) is 17.6. The standard InChI is InChI=1S/C24H22N2O4S2/c1-24(2,23(28)29)26-21(27)20-19(16-10-6-12-25-22(16)32-20)30-17(18-11-7-13-31-18)14-15-8-4-3-5-9-15/h3-13,17H,14H2,1-2H3,(H,26,27)(H,28,29). The van der Waals surface area contributed by atoms with Crippen molar-refractivity contribution >= 4 is 44.8 Å². The lowest BCUT2D eigenvalue weighted by Crippen LogP contribution is -2.49. The minimum atomic E-state index is -1.42. The van der Waals surface area contributed by atoms with Gasteiger partial charge in [-0.2, -0.15) is 0 Å². The Bertz CT molecular complexity index is 1230. The Morgan fingerprint density at radius 2 is 1.91 bits per heavy atom. The van der Waals surface area contributed by atoms with Gasteiger partial charge in [0, 0.05) is 17.5 Å². The van der Waals surface area contributed by atoms with Crippen LogP contribution in [0.15, 0.2) is 66.2 Å². The largest absolute Gasteiger partial charge is 0.482 e. The van der Waals surface area contributed by atoms with Crippen molar-refractivity contribution in [3.05, 3.63) is 81.5 Å². The average molecular weight is 467 g/mol. The lowest BCUT2D eigenvalue weighted by atomic mass is 10.1. The molecular formula is C24H22N2O4S2. The number of carbonyl (C=O) groups is 2. The quantitative estimate of drug-likeness (QED) is 0.367. The van der Waals surface area contributed by atoms with Crippen molar-refractivity contribution in [1.82, 2.24) is 10.3 Å². The van der Waals surface area contributed by atoms with Gasteiger partial charge in [-0.05, 0) is 43.0 Å². The number of pyridine rings is 1. The van der Waals surface area contributed by atoms with Gasteiger partial charge < -0.3 is 15.2 Å². The molecule has 164 valence electrons. The highest BCUT2D eigenvalue weighted by atomic mass is 32.1. The van der Waals surface area contributed by atoms with Crippen LogP contribution in [0.2, 0.25) is 0 Å². The molecule has 0 aliphatic heterocycles. The van der Waals surface area contributed by atoms with Gasteiger partial charge in [-0.1, -0.05) is 36.4 Å². The van der Waals surface area contributed by atoms with E-state index in [-0.39, 0.29) is 6.10 Å². The number of nitrogens with one attached hydrogen (secondary N) is 1. The predicted octanol–water partition coefficient (Wildman–Crippen LogP) is 5.31. The second kappa shape index (κ2) is 9.10. The summed E-state index contributed by atoms with van der Waals surface area (Å²) in [6.45, 7) is 2.90. The second-order valence-electron chi connectivity index (χ2n) is 7.81. The van der Waals surface area contributed by atoms with E-state index in [0.717, 1.165) is 15.8 Å². The molecular weight excluding hydrogens is 444 g/mol. The summed E-state index contributed by atoms with van der Waals surface area (Å²) in [6, 6.07) is 17.7. The Labute approximate surface area is 193 Å². The highest BCUT2D eigenvalue weighted by molar-refractivity contribution is 7.20. The molecule has 3 heterocycles. The minimum Gasteiger partial charge on any atom is -0.482 e. The maximum atomic E-state index is 13.1. The van der Waals surface area contributed by atoms with Crippen molar-refractivity contribution in [3.8, 4) is 5.75 Å². The van der Waals surface area contributed by atoms with Gasteiger partial charge in [0.05, 0.1) is 5.39 Å². The van der Waals surface area contributed by atoms with Gasteiger partial charge in [0.25, 0.3) is 5.91 Å². The molecule has 0 saturated heterocycles. The molecule has 1 atom stereocenters. The van der Waals surface area contributed by atoms with Crippen molar-refractivity contribution in [1.29, 1.82) is 0 Å². The van der Waals surface area contributed by atoms with Crippen LogP contribution in [0.3, 0.4) is 0 Å². The number of nitrogens with zero attached hydrogens (tertiary/aromatic N) is 1. The summed E-state index contributed by atoms with van der Waals surface area (Å²) in [7, 11) is 0. The molecule has 4 aromatic rings. The van der Waals surface area contributed by atoms with Crippen LogP contribution in [0.1, 0.15) is 40.1 Å². The Hall–Kier alpha value is -3.23. The predicted molar refractivity (Wildman–Crippen MR) is 127 cm³/mol. The van der Waals surface area contributed by atoms with Crippen LogP contribution in [0.4, 0.5) is 0 Å². The number of carbonyl (C=O) groups excluding carboxylic acids is 1. The van der Waals surface area contributed by atoms with Crippen LogP contribution in [-0.4, -0.2) is 27.5 Å². The molecule has 0 aliphatic rings. The highest BCUT2D eigenvalue weighted by Gasteiger charge is 2.32. The molecule has 8 heteroatoms. The number of ether oxygens (including phenoxy) is 1. The highest BCUT2D eigenvalue weighted by Crippen LogP contribution is 2.40. The monoisotopic (exact) mass is 466 g/mol. The van der Waals surface area contributed by atoms with Crippen LogP contribution in [-0.2, 0) is 11.2 Å². The van der Waals surface area contributed by atoms with E-state index in [0.29, 0.717) is 21.9 Å². The molecule has 0 radical (unpaired) electrons. The summed E-state index contributed by atoms with van der Waals surface area (Å²) in [5, 5.41) is 14.7. The fourth-order valence-corrected chi connectivity index (χ4v) is 4.94. The molecule has 0 fully saturated rings. The van der Waals surface area contributed by atoms with Crippen LogP contribution < -0.4 is 10.1 Å². The van der Waals surface area contributed by atoms with Gasteiger partial charge in [0.2, 0.25) is 0 Å². The van der Waals surface area contributed by atoms with E-state index in [4.69, 9.17) is 4.74 Å². The maximum Gasteiger partial charge on any atom is 0.328 e. The van der Waals surface area contributed by atoms with Crippen LogP contribution in [0, 0.1) is 0 Å². The lowest BCUT2D eigenvalue weighted by Gasteiger charge is -2.22. The van der Waals surface area contributed by atoms with Crippen molar-refractivity contribution < 1.29 is 19.4 Å². The summed E-state index contributed by atoms with van der Waals surface area (Å²) in [6.07, 6.45) is 1.97. The molecule has 1 aromatic carbocycles. The SMILES string of the molecule is CC(C)(NC(=O)c1sc2ncccc2c1OC(Cc1ccccc1)c1cccs1)C(=O)O. The third-order valence-corrected chi connectivity index (χ3v) is 7.03. The van der Waals surface area contributed by atoms with E-state index in [1.54, 1.807) is 23.6 Å². The molecule has 3 aromatic heterocycles. The van der Waals surface area contributed by atoms with Crippen molar-refractivity contribution in [2.75, 3.05) is 0 Å². The van der Waals surface area contributed by atoms with E-state index in [1.165, 1.54) is 25.2 Å². The van der Waals surface area contributed by atoms with Gasteiger partial charge in [0.1, 0.15) is 21.4 Å². The van der Waals surface area contributed by atoms with E-state index >= 15 is 0 Å². The molecule has 4 rings (SSSR count). The topological polar surface area (TPSA) is 88.5 Å². The molecule has 0 bridgehead atoms. The lowest BCUT2D eigenvalue weighted by molar-refractivity contribution is -0.143. The number of fused-ring (bicyclic) bond motifs is 1. The summed E-state index contributed by atoms with van der Waals surface area (Å²) >= 11 is 2.78. The number of hydrogen-bond acceptors (Lipinski definition) is 6. The molecule has 0 spiro atoms. The average Bonchev–Trinajstić information content (AvgIpc) is 3.42. The summed E-state index contributed by atoms with van der Waals surface area (Å²) in [5.41, 5.74) is -0.309. The number of aromatic nitrogens is 1. The van der Waals surface area contributed by atoms with Crippen LogP contribution >= 0.6 is 22.7 Å². The van der Waals surface area contributed by atoms with Gasteiger partial charge in [-0.3, -0.25) is 4.79 Å². The molecule has 1 amide bonds. The van der Waals surface area contributed by atoms with E-state index in [1.807, 2.05) is 53.9 Å². The molecule has 32 heavy (non-hydrogen) atoms. The number of carboxylic acid groups (broad SMARTS) is 1. The normalized spacial score (nSPS) is 12.4. The zero-order chi connectivity index (χ0) is 22.7. The summed E-state index contributed by atoms with van der Waals surface area (Å²) in [5.74, 6) is -1.20. The van der Waals surface area contributed by atoms with E-state index in [2.05, 4.69) is 10.3 Å². The van der Waals surface area contributed by atoms with Gasteiger partial charge in [-0.15, -0.1) is 22.7 Å². The minimum absolute atomic E-state index is 0.308. The third-order valence-electron chi connectivity index (χ3n) is 4.97. The molecule has 2 N–H and O–H groups in total. The van der Waals surface area contributed by atoms with Gasteiger partial charge in [-0.25, -0.2) is 9.78 Å². The first kappa shape index (κ1) is 22.0. The first-order chi connectivity index (χ1) is 15.3. The Morgan fingerprint density at radius 3 is 2.59 bits per heavy atom. The number of thiophene rings is 2. The number of aliphatic carboxylic acids is 1. The number of rotatable bonds is 8. The third kappa shape index (κ3) is 4.66. The Morgan fingerprint density at radius 1 is 1.12 bits per heavy atom. The van der Waals surface area contributed by atoms with Gasteiger partial charge >= 0.3 is 5.97 Å². The first-order valence-corrected chi connectivity index (χ1v) is 11.7. The van der Waals surface area contributed by atoms with Gasteiger partial charge in [0.15, 0.2) is 5.75 Å². The molecule has 6 nitrogen and oxygen atoms in total. The Balaban J connectivity index is 1.74. The van der Waals surface area contributed by atoms with Crippen molar-refractivity contribution in [3.63, 3.8) is 0 Å². The van der Waals surface area contributed by atoms with Crippen LogP contribution in [0.5, 0.6) is 5.75 Å². The molecule has 0 saturated carbocycles. The number of hydrogen-bond donors (Lipinski definition) is 2. The number of amides is 1. The summed E-state index contributed by atoms with van der Waals surface area (Å²) < 4.78 is 6.52. The number of carboxylic acids is 1. The summed E-state index contributed by atoms with van der Waals surface area (Å²) in [4.78, 5) is 31.0. The van der Waals surface area contributed by atoms with Crippen molar-refractivity contribution in [2.24, 2.45) is 0 Å². The fourth-order valence-electron chi connectivity index (χ4n) is 3.22. The van der Waals surface area contributed by atoms with E-state index < -0.39 is 17.4 Å². The number of benzene rings is 1. The first-order valence-electron chi connectivity index (χ1n) is 10.0. The Kier molecular flexibility index (Phi) is 6.25. The molecule has 0 aliphatic carbocycles. The van der Waals surface area contributed by atoms with E-state index in [9.17, 15) is 14.7 Å². The van der Waals surface area contributed by atoms with Crippen molar-refractivity contribution in [2.45, 2.75) is 31.9 Å². The fraction of sp³-hybridized carbons (Fsp3) is 0.208. The second-order valence-corrected chi connectivity index (χ2v) is 9.79. The zero-order valence-corrected chi connectivity index (χ0v) is 19.2. The maximum absolute atomic E-state index is 13.1.